The van der Waals surface area contributed by atoms with Gasteiger partial charge >= 0.3 is 5.97 Å². The number of hydrogen-bond acceptors (Lipinski definition) is 6. The molecule has 1 N–H and O–H groups in total. The molecule has 0 unspecified atom stereocenters. The van der Waals surface area contributed by atoms with Crippen molar-refractivity contribution in [3.63, 3.8) is 0 Å². The molecule has 2 aliphatic heterocycles. The number of esters is 1. The van der Waals surface area contributed by atoms with Crippen molar-refractivity contribution in [2.75, 3.05) is 37.7 Å². The van der Waals surface area contributed by atoms with Gasteiger partial charge in [-0.15, -0.1) is 0 Å². The molecule has 3 aromatic rings. The predicted octanol–water partition coefficient (Wildman–Crippen LogP) is 9.08. The molecular weight excluding hydrogens is 673 g/mol. The van der Waals surface area contributed by atoms with Gasteiger partial charge in [0.05, 0.1) is 16.7 Å². The number of para-hydroxylation sites is 2. The van der Waals surface area contributed by atoms with E-state index in [1.165, 1.54) is 33.9 Å². The Labute approximate surface area is 322 Å². The average Bonchev–Trinajstić information content (AvgIpc) is 3.47. The molecule has 0 saturated carbocycles. The van der Waals surface area contributed by atoms with Gasteiger partial charge in [-0.05, 0) is 83.4 Å². The highest BCUT2D eigenvalue weighted by atomic mass is 16.6. The van der Waals surface area contributed by atoms with Crippen LogP contribution in [-0.4, -0.2) is 65.6 Å². The van der Waals surface area contributed by atoms with Gasteiger partial charge in [0, 0.05) is 72.4 Å². The highest BCUT2D eigenvalue weighted by molar-refractivity contribution is 6.04. The Morgan fingerprint density at radius 3 is 2.33 bits per heavy atom. The molecule has 0 aliphatic carbocycles. The van der Waals surface area contributed by atoms with Gasteiger partial charge in [-0.1, -0.05) is 70.2 Å². The van der Waals surface area contributed by atoms with Crippen molar-refractivity contribution in [3.05, 3.63) is 119 Å². The van der Waals surface area contributed by atoms with Crippen LogP contribution >= 0.6 is 0 Å². The molecule has 8 heteroatoms. The van der Waals surface area contributed by atoms with Gasteiger partial charge in [-0.3, -0.25) is 9.78 Å². The minimum absolute atomic E-state index is 0.112. The molecule has 286 valence electrons. The lowest BCUT2D eigenvalue weighted by Gasteiger charge is -2.26. The van der Waals surface area contributed by atoms with Gasteiger partial charge in [-0.25, -0.2) is 4.79 Å². The Balaban J connectivity index is 1.41. The number of benzene rings is 2. The first-order valence-corrected chi connectivity index (χ1v) is 19.4. The number of amides is 1. The van der Waals surface area contributed by atoms with Gasteiger partial charge in [0.1, 0.15) is 18.8 Å². The van der Waals surface area contributed by atoms with E-state index in [1.807, 2.05) is 32.9 Å². The molecule has 0 atom stereocenters. The molecule has 0 fully saturated rings. The Morgan fingerprint density at radius 2 is 1.65 bits per heavy atom. The molecule has 1 amide bonds. The zero-order chi connectivity index (χ0) is 39.1. The standard InChI is InChI=1S/C46H58N4O4/c1-10-28-49-38-19-14-12-17-35(38)45(6,7)40(49)25-22-33(23-26-41-46(8,9)36-18-13-15-20-39(36)50(41)29-11-2)37-24-21-34(31-48-37)43(52)47-27-16-30-53-32-42(51)54-44(3,4)5/h12-15,17-26,31H,10-11,16,27-30,32H2,1-9H3/p+1. The van der Waals surface area contributed by atoms with Crippen LogP contribution in [0.3, 0.4) is 0 Å². The van der Waals surface area contributed by atoms with Crippen LogP contribution in [0.5, 0.6) is 0 Å². The summed E-state index contributed by atoms with van der Waals surface area (Å²) in [7, 11) is 0. The lowest BCUT2D eigenvalue weighted by Crippen LogP contribution is -2.28. The molecular formula is C46H59N4O4+. The smallest absolute Gasteiger partial charge is 0.332 e. The number of hydrogen-bond donors (Lipinski definition) is 1. The number of anilines is 1. The molecule has 0 spiro atoms. The topological polar surface area (TPSA) is 83.8 Å². The molecule has 2 aromatic carbocycles. The highest BCUT2D eigenvalue weighted by Gasteiger charge is 2.44. The van der Waals surface area contributed by atoms with Crippen molar-refractivity contribution in [2.45, 2.75) is 98.0 Å². The van der Waals surface area contributed by atoms with E-state index in [0.717, 1.165) is 37.2 Å². The number of fused-ring (bicyclic) bond motifs is 2. The SMILES string of the molecule is CCCN1/C(=C/C=C(/C=C/C2=[N+](CCC)c3ccccc3C2(C)C)c2ccc(C(=O)NCCCOCC(=O)OC(C)(C)C)cn2)C(C)(C)c2ccccc21. The number of ether oxygens (including phenoxy) is 2. The number of pyridine rings is 1. The summed E-state index contributed by atoms with van der Waals surface area (Å²) in [5.74, 6) is -0.609. The van der Waals surface area contributed by atoms with E-state index in [-0.39, 0.29) is 23.3 Å². The minimum Gasteiger partial charge on any atom is -0.458 e. The molecule has 1 aromatic heterocycles. The van der Waals surface area contributed by atoms with Gasteiger partial charge in [0.15, 0.2) is 5.71 Å². The number of rotatable bonds is 15. The summed E-state index contributed by atoms with van der Waals surface area (Å²) in [5, 5.41) is 2.94. The highest BCUT2D eigenvalue weighted by Crippen LogP contribution is 2.47. The third-order valence-electron chi connectivity index (χ3n) is 10.0. The van der Waals surface area contributed by atoms with E-state index in [2.05, 4.69) is 129 Å². The molecule has 0 radical (unpaired) electrons. The molecule has 0 saturated heterocycles. The monoisotopic (exact) mass is 731 g/mol. The first kappa shape index (κ1) is 40.4. The van der Waals surface area contributed by atoms with E-state index in [0.29, 0.717) is 25.1 Å². The van der Waals surface area contributed by atoms with Gasteiger partial charge in [-0.2, -0.15) is 4.58 Å². The summed E-state index contributed by atoms with van der Waals surface area (Å²) >= 11 is 0. The van der Waals surface area contributed by atoms with Crippen molar-refractivity contribution >= 4 is 34.5 Å². The van der Waals surface area contributed by atoms with Crippen LogP contribution in [-0.2, 0) is 25.1 Å². The maximum Gasteiger partial charge on any atom is 0.332 e. The number of allylic oxidation sites excluding steroid dienone is 6. The van der Waals surface area contributed by atoms with Crippen LogP contribution in [0.4, 0.5) is 11.4 Å². The number of aromatic nitrogens is 1. The Hall–Kier alpha value is -4.82. The van der Waals surface area contributed by atoms with E-state index in [9.17, 15) is 9.59 Å². The second-order valence-corrected chi connectivity index (χ2v) is 16.2. The van der Waals surface area contributed by atoms with Crippen molar-refractivity contribution in [3.8, 4) is 0 Å². The fraction of sp³-hybridized carbons (Fsp3) is 0.435. The van der Waals surface area contributed by atoms with Crippen LogP contribution in [0, 0.1) is 0 Å². The second-order valence-electron chi connectivity index (χ2n) is 16.2. The summed E-state index contributed by atoms with van der Waals surface area (Å²) in [6, 6.07) is 21.2. The van der Waals surface area contributed by atoms with Crippen molar-refractivity contribution in [1.82, 2.24) is 10.3 Å². The number of carbonyl (C=O) groups excluding carboxylic acids is 2. The largest absolute Gasteiger partial charge is 0.458 e. The fourth-order valence-electron chi connectivity index (χ4n) is 7.48. The third kappa shape index (κ3) is 9.09. The summed E-state index contributed by atoms with van der Waals surface area (Å²) in [5.41, 5.74) is 9.00. The Morgan fingerprint density at radius 1 is 0.926 bits per heavy atom. The number of nitrogens with zero attached hydrogens (tertiary/aromatic N) is 3. The zero-order valence-corrected chi connectivity index (χ0v) is 33.8. The zero-order valence-electron chi connectivity index (χ0n) is 33.8. The lowest BCUT2D eigenvalue weighted by atomic mass is 9.81. The van der Waals surface area contributed by atoms with Gasteiger partial charge in [0.25, 0.3) is 5.91 Å². The summed E-state index contributed by atoms with van der Waals surface area (Å²) in [4.78, 5) is 32.2. The summed E-state index contributed by atoms with van der Waals surface area (Å²) < 4.78 is 13.1. The Bertz CT molecular complexity index is 1940. The maximum absolute atomic E-state index is 13.1. The van der Waals surface area contributed by atoms with Crippen LogP contribution < -0.4 is 10.2 Å². The van der Waals surface area contributed by atoms with Crippen molar-refractivity contribution in [2.24, 2.45) is 0 Å². The van der Waals surface area contributed by atoms with E-state index < -0.39 is 11.6 Å². The quantitative estimate of drug-likeness (QED) is 0.0727. The van der Waals surface area contributed by atoms with Crippen molar-refractivity contribution < 1.29 is 23.6 Å². The van der Waals surface area contributed by atoms with Crippen LogP contribution in [0.1, 0.15) is 109 Å². The molecule has 54 heavy (non-hydrogen) atoms. The summed E-state index contributed by atoms with van der Waals surface area (Å²) in [6.45, 7) is 21.6. The second kappa shape index (κ2) is 17.1. The summed E-state index contributed by atoms with van der Waals surface area (Å²) in [6.07, 6.45) is 13.1. The predicted molar refractivity (Wildman–Crippen MR) is 220 cm³/mol. The fourth-order valence-corrected chi connectivity index (χ4v) is 7.48. The normalized spacial score (nSPS) is 16.9. The Kier molecular flexibility index (Phi) is 12.8. The van der Waals surface area contributed by atoms with E-state index in [1.54, 1.807) is 6.20 Å². The third-order valence-corrected chi connectivity index (χ3v) is 10.0. The molecule has 0 bridgehead atoms. The van der Waals surface area contributed by atoms with E-state index in [4.69, 9.17) is 14.5 Å². The number of carbonyl (C=O) groups is 2. The number of nitrogens with one attached hydrogen (secondary N) is 1. The van der Waals surface area contributed by atoms with Crippen LogP contribution in [0.25, 0.3) is 5.57 Å². The van der Waals surface area contributed by atoms with Gasteiger partial charge in [0.2, 0.25) is 5.69 Å². The van der Waals surface area contributed by atoms with Crippen LogP contribution in [0.15, 0.2) is 96.9 Å². The molecule has 2 aliphatic rings. The lowest BCUT2D eigenvalue weighted by molar-refractivity contribution is -0.437. The minimum atomic E-state index is -0.550. The molecule has 5 rings (SSSR count). The van der Waals surface area contributed by atoms with Crippen LogP contribution in [0.2, 0.25) is 0 Å². The maximum atomic E-state index is 13.1. The first-order valence-electron chi connectivity index (χ1n) is 19.4. The molecule has 8 nitrogen and oxygen atoms in total. The average molecular weight is 732 g/mol. The molecule has 3 heterocycles. The van der Waals surface area contributed by atoms with E-state index >= 15 is 0 Å². The van der Waals surface area contributed by atoms with Gasteiger partial charge < -0.3 is 19.7 Å². The van der Waals surface area contributed by atoms with Crippen molar-refractivity contribution in [1.29, 1.82) is 0 Å². The first-order chi connectivity index (χ1) is 25.7.